The summed E-state index contributed by atoms with van der Waals surface area (Å²) in [5, 5.41) is 0.721. The van der Waals surface area contributed by atoms with E-state index >= 15 is 0 Å². The van der Waals surface area contributed by atoms with Crippen LogP contribution in [0.25, 0.3) is 17.0 Å². The summed E-state index contributed by atoms with van der Waals surface area (Å²) in [6.45, 7) is 3.54. The van der Waals surface area contributed by atoms with Crippen LogP contribution in [0, 0.1) is 0 Å². The number of carbonyl (C=O) groups is 3. The molecule has 3 heterocycles. The zero-order valence-electron chi connectivity index (χ0n) is 19.9. The van der Waals surface area contributed by atoms with Crippen LogP contribution >= 0.6 is 11.8 Å². The molecular weight excluding hydrogens is 458 g/mol. The molecule has 6 nitrogen and oxygen atoms in total. The number of nitrogens with zero attached hydrogens (tertiary/aromatic N) is 3. The van der Waals surface area contributed by atoms with Gasteiger partial charge in [0.2, 0.25) is 5.91 Å². The molecular formula is C28H29N3O3S. The fourth-order valence-electron chi connectivity index (χ4n) is 4.95. The van der Waals surface area contributed by atoms with Crippen molar-refractivity contribution in [1.29, 1.82) is 0 Å². The Kier molecular flexibility index (Phi) is 6.77. The van der Waals surface area contributed by atoms with Gasteiger partial charge in [-0.15, -0.1) is 0 Å². The molecule has 0 aliphatic carbocycles. The Hall–Kier alpha value is -3.32. The van der Waals surface area contributed by atoms with Crippen molar-refractivity contribution in [1.82, 2.24) is 14.4 Å². The van der Waals surface area contributed by atoms with Crippen molar-refractivity contribution in [2.24, 2.45) is 0 Å². The van der Waals surface area contributed by atoms with Gasteiger partial charge < -0.3 is 9.47 Å². The van der Waals surface area contributed by atoms with Crippen LogP contribution in [0.3, 0.4) is 0 Å². The van der Waals surface area contributed by atoms with Crippen molar-refractivity contribution < 1.29 is 14.4 Å². The molecule has 7 heteroatoms. The zero-order valence-corrected chi connectivity index (χ0v) is 20.7. The van der Waals surface area contributed by atoms with E-state index in [-0.39, 0.29) is 29.6 Å². The summed E-state index contributed by atoms with van der Waals surface area (Å²) < 4.78 is 1.96. The first kappa shape index (κ1) is 23.4. The van der Waals surface area contributed by atoms with E-state index in [2.05, 4.69) is 6.92 Å². The van der Waals surface area contributed by atoms with Gasteiger partial charge in [-0.2, -0.15) is 0 Å². The molecule has 180 valence electrons. The average molecular weight is 488 g/mol. The number of imide groups is 1. The number of amides is 3. The molecule has 3 amide bonds. The third kappa shape index (κ3) is 4.91. The van der Waals surface area contributed by atoms with Crippen LogP contribution in [-0.2, 0) is 22.6 Å². The highest BCUT2D eigenvalue weighted by Crippen LogP contribution is 2.34. The summed E-state index contributed by atoms with van der Waals surface area (Å²) in [5.74, 6) is -0.142. The first-order chi connectivity index (χ1) is 17.0. The Labute approximate surface area is 209 Å². The van der Waals surface area contributed by atoms with Crippen LogP contribution in [0.4, 0.5) is 4.79 Å². The second-order valence-electron chi connectivity index (χ2n) is 9.23. The molecule has 1 atom stereocenters. The lowest BCUT2D eigenvalue weighted by Gasteiger charge is -2.33. The largest absolute Gasteiger partial charge is 0.338 e. The predicted molar refractivity (Wildman–Crippen MR) is 140 cm³/mol. The minimum atomic E-state index is -0.258. The highest BCUT2D eigenvalue weighted by atomic mass is 32.2. The van der Waals surface area contributed by atoms with Gasteiger partial charge in [-0.3, -0.25) is 19.3 Å². The van der Waals surface area contributed by atoms with E-state index in [0.29, 0.717) is 17.9 Å². The number of hydrogen-bond acceptors (Lipinski definition) is 4. The molecule has 2 fully saturated rings. The van der Waals surface area contributed by atoms with Gasteiger partial charge in [-0.25, -0.2) is 0 Å². The number of rotatable bonds is 6. The molecule has 2 aliphatic heterocycles. The molecule has 35 heavy (non-hydrogen) atoms. The number of hydrogen-bond donors (Lipinski definition) is 0. The van der Waals surface area contributed by atoms with Crippen LogP contribution in [0.5, 0.6) is 0 Å². The van der Waals surface area contributed by atoms with Gasteiger partial charge in [0, 0.05) is 41.8 Å². The molecule has 2 saturated heterocycles. The van der Waals surface area contributed by atoms with Crippen molar-refractivity contribution in [2.75, 3.05) is 13.1 Å². The number of thioether (sulfide) groups is 1. The maximum Gasteiger partial charge on any atom is 0.293 e. The van der Waals surface area contributed by atoms with Crippen LogP contribution in [0.2, 0.25) is 0 Å². The summed E-state index contributed by atoms with van der Waals surface area (Å²) >= 11 is 0.981. The monoisotopic (exact) mass is 487 g/mol. The molecule has 0 saturated carbocycles. The van der Waals surface area contributed by atoms with Gasteiger partial charge in [0.15, 0.2) is 0 Å². The molecule has 0 unspecified atom stereocenters. The predicted octanol–water partition coefficient (Wildman–Crippen LogP) is 5.32. The maximum absolute atomic E-state index is 13.1. The molecule has 0 N–H and O–H groups in total. The molecule has 5 rings (SSSR count). The lowest BCUT2D eigenvalue weighted by molar-refractivity contribution is -0.135. The summed E-state index contributed by atoms with van der Waals surface area (Å²) in [7, 11) is 0. The Morgan fingerprint density at radius 1 is 1.06 bits per heavy atom. The van der Waals surface area contributed by atoms with Crippen molar-refractivity contribution in [3.05, 3.63) is 76.8 Å². The molecule has 0 radical (unpaired) electrons. The Morgan fingerprint density at radius 2 is 1.83 bits per heavy atom. The molecule has 3 aromatic rings. The fourth-order valence-corrected chi connectivity index (χ4v) is 5.80. The number of piperidine rings is 1. The SMILES string of the molecule is C[C@H]1CCCCN1C(=O)Cn1cc(/C=C2\SC(=O)N(CCc3ccccc3)C2=O)c2ccccc21. The second-order valence-corrected chi connectivity index (χ2v) is 10.2. The first-order valence-electron chi connectivity index (χ1n) is 12.2. The van der Waals surface area contributed by atoms with Crippen molar-refractivity contribution >= 4 is 45.8 Å². The highest BCUT2D eigenvalue weighted by Gasteiger charge is 2.35. The van der Waals surface area contributed by atoms with E-state index < -0.39 is 0 Å². The van der Waals surface area contributed by atoms with Gasteiger partial charge in [-0.05, 0) is 62.1 Å². The summed E-state index contributed by atoms with van der Waals surface area (Å²) in [6.07, 6.45) is 7.61. The molecule has 0 bridgehead atoms. The number of fused-ring (bicyclic) bond motifs is 1. The lowest BCUT2D eigenvalue weighted by Crippen LogP contribution is -2.43. The van der Waals surface area contributed by atoms with E-state index in [4.69, 9.17) is 0 Å². The van der Waals surface area contributed by atoms with Crippen LogP contribution in [0.15, 0.2) is 65.7 Å². The summed E-state index contributed by atoms with van der Waals surface area (Å²) in [5.41, 5.74) is 2.88. The Bertz CT molecular complexity index is 1300. The van der Waals surface area contributed by atoms with Crippen LogP contribution in [0.1, 0.15) is 37.3 Å². The van der Waals surface area contributed by atoms with Gasteiger partial charge in [-0.1, -0.05) is 48.5 Å². The number of para-hydroxylation sites is 1. The second kappa shape index (κ2) is 10.1. The van der Waals surface area contributed by atoms with E-state index in [0.717, 1.165) is 53.2 Å². The summed E-state index contributed by atoms with van der Waals surface area (Å²) in [4.78, 5) is 42.5. The number of likely N-dealkylation sites (tertiary alicyclic amines) is 1. The van der Waals surface area contributed by atoms with Gasteiger partial charge >= 0.3 is 0 Å². The first-order valence-corrected chi connectivity index (χ1v) is 13.0. The van der Waals surface area contributed by atoms with Gasteiger partial charge in [0.25, 0.3) is 11.1 Å². The minimum Gasteiger partial charge on any atom is -0.338 e. The molecule has 2 aliphatic rings. The average Bonchev–Trinajstić information content (AvgIpc) is 3.34. The summed E-state index contributed by atoms with van der Waals surface area (Å²) in [6, 6.07) is 18.0. The zero-order chi connectivity index (χ0) is 24.4. The maximum atomic E-state index is 13.1. The smallest absolute Gasteiger partial charge is 0.293 e. The third-order valence-corrected chi connectivity index (χ3v) is 7.78. The Balaban J connectivity index is 1.37. The van der Waals surface area contributed by atoms with Gasteiger partial charge in [0.1, 0.15) is 6.54 Å². The third-order valence-electron chi connectivity index (χ3n) is 6.88. The number of aromatic nitrogens is 1. The van der Waals surface area contributed by atoms with Crippen LogP contribution in [-0.4, -0.2) is 50.6 Å². The van der Waals surface area contributed by atoms with E-state index in [1.165, 1.54) is 11.3 Å². The quantitative estimate of drug-likeness (QED) is 0.442. The molecule has 0 spiro atoms. The van der Waals surface area contributed by atoms with E-state index in [1.54, 1.807) is 6.08 Å². The highest BCUT2D eigenvalue weighted by molar-refractivity contribution is 8.18. The normalized spacial score (nSPS) is 19.8. The number of carbonyl (C=O) groups excluding carboxylic acids is 3. The minimum absolute atomic E-state index is 0.116. The fraction of sp³-hybridized carbons (Fsp3) is 0.321. The lowest BCUT2D eigenvalue weighted by atomic mass is 10.0. The van der Waals surface area contributed by atoms with Crippen molar-refractivity contribution in [2.45, 2.75) is 45.2 Å². The number of benzene rings is 2. The van der Waals surface area contributed by atoms with Gasteiger partial charge in [0.05, 0.1) is 4.91 Å². The van der Waals surface area contributed by atoms with E-state index in [9.17, 15) is 14.4 Å². The Morgan fingerprint density at radius 3 is 2.63 bits per heavy atom. The van der Waals surface area contributed by atoms with Crippen molar-refractivity contribution in [3.63, 3.8) is 0 Å². The van der Waals surface area contributed by atoms with Crippen molar-refractivity contribution in [3.8, 4) is 0 Å². The molecule has 1 aromatic heterocycles. The molecule has 2 aromatic carbocycles. The van der Waals surface area contributed by atoms with E-state index in [1.807, 2.05) is 70.3 Å². The standard InChI is InChI=1S/C28H29N3O3S/c1-20-9-7-8-15-30(20)26(32)19-29-18-22(23-12-5-6-13-24(23)29)17-25-27(33)31(28(34)35-25)16-14-21-10-3-2-4-11-21/h2-6,10-13,17-18,20H,7-9,14-16,19H2,1H3/b25-17-/t20-/m0/s1. The topological polar surface area (TPSA) is 62.6 Å². The van der Waals surface area contributed by atoms with Crippen LogP contribution < -0.4 is 0 Å².